The van der Waals surface area contributed by atoms with Gasteiger partial charge in [0, 0.05) is 28.2 Å². The number of hydrogen-bond acceptors (Lipinski definition) is 3. The molecule has 28 heavy (non-hydrogen) atoms. The summed E-state index contributed by atoms with van der Waals surface area (Å²) in [5, 5.41) is -0.00315. The largest absolute Gasteiger partial charge is 0.496 e. The van der Waals surface area contributed by atoms with Crippen molar-refractivity contribution in [2.24, 2.45) is 0 Å². The van der Waals surface area contributed by atoms with E-state index in [9.17, 15) is 8.42 Å². The highest BCUT2D eigenvalue weighted by molar-refractivity contribution is 7.92. The molecule has 4 nitrogen and oxygen atoms in total. The summed E-state index contributed by atoms with van der Waals surface area (Å²) in [6.07, 6.45) is 1.79. The number of ether oxygens (including phenoxy) is 1. The quantitative estimate of drug-likeness (QED) is 0.518. The number of aryl methyl sites for hydroxylation is 1. The third-order valence-corrected chi connectivity index (χ3v) is 7.04. The molecule has 5 heteroatoms. The Kier molecular flexibility index (Phi) is 4.69. The zero-order chi connectivity index (χ0) is 19.7. The highest BCUT2D eigenvalue weighted by Gasteiger charge is 2.34. The van der Waals surface area contributed by atoms with Gasteiger partial charge in [0.05, 0.1) is 12.0 Å². The Morgan fingerprint density at radius 2 is 1.54 bits per heavy atom. The molecule has 1 aromatic heterocycles. The predicted molar refractivity (Wildman–Crippen MR) is 112 cm³/mol. The first kappa shape index (κ1) is 18.3. The van der Waals surface area contributed by atoms with Gasteiger partial charge in [0.2, 0.25) is 0 Å². The Morgan fingerprint density at radius 3 is 2.29 bits per heavy atom. The number of H-pyrrole nitrogens is 1. The van der Waals surface area contributed by atoms with E-state index in [4.69, 9.17) is 4.74 Å². The Morgan fingerprint density at radius 1 is 0.857 bits per heavy atom. The molecule has 0 aliphatic carbocycles. The van der Waals surface area contributed by atoms with Crippen LogP contribution in [0.2, 0.25) is 0 Å². The number of aromatic nitrogens is 1. The monoisotopic (exact) mass is 391 g/mol. The first-order chi connectivity index (χ1) is 13.5. The fraction of sp³-hybridized carbons (Fsp3) is 0.130. The standard InChI is InChI=1S/C23H21NO3S/c1-16-11-13-17(14-12-16)28(25,26)23(19-8-4-6-10-22(19)27-2)20-15-24-21-9-5-3-7-18(20)21/h3-15,23-24H,1-2H3. The van der Waals surface area contributed by atoms with Crippen molar-refractivity contribution in [3.05, 3.63) is 95.7 Å². The summed E-state index contributed by atoms with van der Waals surface area (Å²) in [5.74, 6) is 0.550. The molecule has 0 saturated heterocycles. The van der Waals surface area contributed by atoms with E-state index in [1.54, 1.807) is 31.5 Å². The topological polar surface area (TPSA) is 59.2 Å². The molecule has 4 rings (SSSR count). The lowest BCUT2D eigenvalue weighted by Crippen LogP contribution is -2.16. The SMILES string of the molecule is COc1ccccc1C(c1c[nH]c2ccccc12)S(=O)(=O)c1ccc(C)cc1. The van der Waals surface area contributed by atoms with E-state index < -0.39 is 15.1 Å². The van der Waals surface area contributed by atoms with E-state index in [0.717, 1.165) is 16.5 Å². The third-order valence-electron chi connectivity index (χ3n) is 4.98. The minimum absolute atomic E-state index is 0.291. The molecule has 1 N–H and O–H groups in total. The van der Waals surface area contributed by atoms with Crippen molar-refractivity contribution in [1.82, 2.24) is 4.98 Å². The summed E-state index contributed by atoms with van der Waals surface area (Å²) in [6, 6.07) is 22.0. The second-order valence-electron chi connectivity index (χ2n) is 6.77. The number of nitrogens with one attached hydrogen (secondary N) is 1. The number of benzene rings is 3. The van der Waals surface area contributed by atoms with Gasteiger partial charge in [0.15, 0.2) is 9.84 Å². The van der Waals surface area contributed by atoms with Crippen LogP contribution in [0.1, 0.15) is 21.9 Å². The normalized spacial score (nSPS) is 12.8. The van der Waals surface area contributed by atoms with Gasteiger partial charge in [-0.05, 0) is 31.2 Å². The summed E-state index contributed by atoms with van der Waals surface area (Å²) in [5.41, 5.74) is 3.24. The van der Waals surface area contributed by atoms with E-state index in [1.165, 1.54) is 0 Å². The number of hydrogen-bond donors (Lipinski definition) is 1. The van der Waals surface area contributed by atoms with E-state index in [0.29, 0.717) is 21.8 Å². The maximum atomic E-state index is 13.8. The van der Waals surface area contributed by atoms with Gasteiger partial charge in [0.25, 0.3) is 0 Å². The molecular formula is C23H21NO3S. The van der Waals surface area contributed by atoms with Gasteiger partial charge in [-0.2, -0.15) is 0 Å². The fourth-order valence-electron chi connectivity index (χ4n) is 3.56. The highest BCUT2D eigenvalue weighted by atomic mass is 32.2. The Labute approximate surface area is 164 Å². The van der Waals surface area contributed by atoms with Gasteiger partial charge in [-0.1, -0.05) is 54.1 Å². The Hall–Kier alpha value is -3.05. The number of methoxy groups -OCH3 is 1. The van der Waals surface area contributed by atoms with Crippen molar-refractivity contribution in [1.29, 1.82) is 0 Å². The van der Waals surface area contributed by atoms with E-state index in [1.807, 2.05) is 61.5 Å². The number of fused-ring (bicyclic) bond motifs is 1. The first-order valence-corrected chi connectivity index (χ1v) is 10.6. The van der Waals surface area contributed by atoms with Crippen LogP contribution in [0.25, 0.3) is 10.9 Å². The molecular weight excluding hydrogens is 370 g/mol. The highest BCUT2D eigenvalue weighted by Crippen LogP contribution is 2.41. The molecule has 1 heterocycles. The molecule has 4 aromatic rings. The van der Waals surface area contributed by atoms with Crippen LogP contribution < -0.4 is 4.74 Å². The van der Waals surface area contributed by atoms with Gasteiger partial charge < -0.3 is 9.72 Å². The number of sulfone groups is 1. The molecule has 0 radical (unpaired) electrons. The Bertz CT molecular complexity index is 1220. The van der Waals surface area contributed by atoms with Gasteiger partial charge in [0.1, 0.15) is 11.0 Å². The molecule has 0 bridgehead atoms. The Balaban J connectivity index is 2.00. The van der Waals surface area contributed by atoms with Crippen LogP contribution in [0.4, 0.5) is 0 Å². The summed E-state index contributed by atoms with van der Waals surface area (Å²) >= 11 is 0. The molecule has 1 unspecified atom stereocenters. The summed E-state index contributed by atoms with van der Waals surface area (Å²) in [6.45, 7) is 1.94. The van der Waals surface area contributed by atoms with Crippen molar-refractivity contribution in [2.45, 2.75) is 17.1 Å². The minimum atomic E-state index is -3.72. The molecule has 0 aliphatic heterocycles. The molecule has 0 aliphatic rings. The molecule has 0 spiro atoms. The molecule has 142 valence electrons. The summed E-state index contributed by atoms with van der Waals surface area (Å²) in [7, 11) is -2.16. The second kappa shape index (κ2) is 7.17. The van der Waals surface area contributed by atoms with Crippen molar-refractivity contribution >= 4 is 20.7 Å². The zero-order valence-corrected chi connectivity index (χ0v) is 16.5. The first-order valence-electron chi connectivity index (χ1n) is 9.02. The van der Waals surface area contributed by atoms with E-state index in [-0.39, 0.29) is 0 Å². The lowest BCUT2D eigenvalue weighted by Gasteiger charge is -2.20. The van der Waals surface area contributed by atoms with Gasteiger partial charge in [-0.15, -0.1) is 0 Å². The predicted octanol–water partition coefficient (Wildman–Crippen LogP) is 5.05. The molecule has 0 saturated carbocycles. The van der Waals surface area contributed by atoms with Crippen molar-refractivity contribution < 1.29 is 13.2 Å². The molecule has 0 fully saturated rings. The summed E-state index contributed by atoms with van der Waals surface area (Å²) in [4.78, 5) is 3.49. The third kappa shape index (κ3) is 3.08. The number of aromatic amines is 1. The molecule has 1 atom stereocenters. The van der Waals surface area contributed by atoms with Crippen LogP contribution >= 0.6 is 0 Å². The maximum Gasteiger partial charge on any atom is 0.189 e. The van der Waals surface area contributed by atoms with Crippen LogP contribution in [0, 0.1) is 6.92 Å². The minimum Gasteiger partial charge on any atom is -0.496 e. The van der Waals surface area contributed by atoms with Gasteiger partial charge in [-0.25, -0.2) is 8.42 Å². The van der Waals surface area contributed by atoms with Crippen LogP contribution in [-0.2, 0) is 9.84 Å². The molecule has 0 amide bonds. The average Bonchev–Trinajstić information content (AvgIpc) is 3.12. The van der Waals surface area contributed by atoms with E-state index >= 15 is 0 Å². The smallest absolute Gasteiger partial charge is 0.189 e. The van der Waals surface area contributed by atoms with Crippen molar-refractivity contribution in [3.63, 3.8) is 0 Å². The average molecular weight is 391 g/mol. The lowest BCUT2D eigenvalue weighted by molar-refractivity contribution is 0.409. The van der Waals surface area contributed by atoms with Crippen LogP contribution in [-0.4, -0.2) is 20.5 Å². The number of para-hydroxylation sites is 2. The second-order valence-corrected chi connectivity index (χ2v) is 8.80. The van der Waals surface area contributed by atoms with Gasteiger partial charge >= 0.3 is 0 Å². The number of rotatable bonds is 5. The van der Waals surface area contributed by atoms with Crippen molar-refractivity contribution in [3.8, 4) is 5.75 Å². The summed E-state index contributed by atoms with van der Waals surface area (Å²) < 4.78 is 33.1. The van der Waals surface area contributed by atoms with E-state index in [2.05, 4.69) is 4.98 Å². The fourth-order valence-corrected chi connectivity index (χ4v) is 5.41. The lowest BCUT2D eigenvalue weighted by atomic mass is 10.0. The van der Waals surface area contributed by atoms with Crippen LogP contribution in [0.15, 0.2) is 83.9 Å². The van der Waals surface area contributed by atoms with Gasteiger partial charge in [-0.3, -0.25) is 0 Å². The van der Waals surface area contributed by atoms with Crippen molar-refractivity contribution in [2.75, 3.05) is 7.11 Å². The van der Waals surface area contributed by atoms with Crippen LogP contribution in [0.5, 0.6) is 5.75 Å². The zero-order valence-electron chi connectivity index (χ0n) is 15.7. The van der Waals surface area contributed by atoms with Crippen LogP contribution in [0.3, 0.4) is 0 Å². The molecule has 3 aromatic carbocycles. The maximum absolute atomic E-state index is 13.8.